The summed E-state index contributed by atoms with van der Waals surface area (Å²) < 4.78 is 0. The number of hydrogen-bond acceptors (Lipinski definition) is 3. The molecule has 5 rings (SSSR count). The Bertz CT molecular complexity index is 883. The lowest BCUT2D eigenvalue weighted by molar-refractivity contribution is -0.133. The van der Waals surface area contributed by atoms with Crippen molar-refractivity contribution in [3.8, 4) is 0 Å². The predicted molar refractivity (Wildman–Crippen MR) is 106 cm³/mol. The molecule has 144 valence electrons. The zero-order valence-corrected chi connectivity index (χ0v) is 15.9. The standard InChI is InChI=1S/C23H25N3O2/c27-22-10-9-20(25-22)16-7-5-15(6-8-16)19-11-21(24-12-19)23(28)26-13-17-3-1-2-4-18(17)14-26/h1-8,19-21,24H,9-14H2,(H,25,27)/t19-,20?,21-/m1/s1. The highest BCUT2D eigenvalue weighted by Gasteiger charge is 2.35. The van der Waals surface area contributed by atoms with Crippen LogP contribution in [0.2, 0.25) is 0 Å². The molecule has 1 unspecified atom stereocenters. The second kappa shape index (κ2) is 7.06. The summed E-state index contributed by atoms with van der Waals surface area (Å²) in [4.78, 5) is 26.4. The van der Waals surface area contributed by atoms with Crippen LogP contribution >= 0.6 is 0 Å². The highest BCUT2D eigenvalue weighted by Crippen LogP contribution is 2.31. The molecule has 2 aromatic rings. The predicted octanol–water partition coefficient (Wildman–Crippen LogP) is 2.63. The monoisotopic (exact) mass is 375 g/mol. The largest absolute Gasteiger partial charge is 0.349 e. The molecule has 5 nitrogen and oxygen atoms in total. The van der Waals surface area contributed by atoms with Gasteiger partial charge in [-0.25, -0.2) is 0 Å². The molecule has 3 heterocycles. The van der Waals surface area contributed by atoms with Gasteiger partial charge in [-0.3, -0.25) is 9.59 Å². The van der Waals surface area contributed by atoms with Gasteiger partial charge in [-0.1, -0.05) is 48.5 Å². The first-order chi connectivity index (χ1) is 13.7. The molecule has 3 aliphatic rings. The summed E-state index contributed by atoms with van der Waals surface area (Å²) in [5, 5.41) is 6.45. The maximum atomic E-state index is 13.0. The van der Waals surface area contributed by atoms with E-state index in [1.807, 2.05) is 17.0 Å². The summed E-state index contributed by atoms with van der Waals surface area (Å²) in [6, 6.07) is 16.9. The first-order valence-electron chi connectivity index (χ1n) is 10.2. The van der Waals surface area contributed by atoms with Crippen molar-refractivity contribution in [1.29, 1.82) is 0 Å². The first-order valence-corrected chi connectivity index (χ1v) is 10.2. The minimum absolute atomic E-state index is 0.104. The Labute approximate surface area is 165 Å². The van der Waals surface area contributed by atoms with Gasteiger partial charge in [0, 0.05) is 26.1 Å². The van der Waals surface area contributed by atoms with Gasteiger partial charge < -0.3 is 15.5 Å². The molecule has 2 aromatic carbocycles. The second-order valence-corrected chi connectivity index (χ2v) is 8.18. The van der Waals surface area contributed by atoms with E-state index in [0.717, 1.165) is 32.5 Å². The minimum Gasteiger partial charge on any atom is -0.349 e. The van der Waals surface area contributed by atoms with E-state index in [1.54, 1.807) is 0 Å². The molecule has 0 aromatic heterocycles. The third-order valence-corrected chi connectivity index (χ3v) is 6.39. The number of amides is 2. The van der Waals surface area contributed by atoms with Crippen LogP contribution in [0.3, 0.4) is 0 Å². The second-order valence-electron chi connectivity index (χ2n) is 8.18. The van der Waals surface area contributed by atoms with Gasteiger partial charge in [0.1, 0.15) is 0 Å². The van der Waals surface area contributed by atoms with Crippen molar-refractivity contribution < 1.29 is 9.59 Å². The van der Waals surface area contributed by atoms with Crippen molar-refractivity contribution in [1.82, 2.24) is 15.5 Å². The SMILES string of the molecule is O=C1CCC(c2ccc([C@H]3CN[C@@H](C(=O)N4Cc5ccccc5C4)C3)cc2)N1. The van der Waals surface area contributed by atoms with Crippen LogP contribution in [0.5, 0.6) is 0 Å². The van der Waals surface area contributed by atoms with Crippen molar-refractivity contribution >= 4 is 11.8 Å². The van der Waals surface area contributed by atoms with E-state index < -0.39 is 0 Å². The molecule has 3 aliphatic heterocycles. The van der Waals surface area contributed by atoms with Gasteiger partial charge >= 0.3 is 0 Å². The molecule has 3 atom stereocenters. The summed E-state index contributed by atoms with van der Waals surface area (Å²) in [5.41, 5.74) is 4.96. The highest BCUT2D eigenvalue weighted by molar-refractivity contribution is 5.83. The Morgan fingerprint density at radius 2 is 1.64 bits per heavy atom. The van der Waals surface area contributed by atoms with E-state index in [4.69, 9.17) is 0 Å². The van der Waals surface area contributed by atoms with E-state index in [1.165, 1.54) is 22.3 Å². The molecular weight excluding hydrogens is 350 g/mol. The molecule has 0 bridgehead atoms. The molecule has 2 amide bonds. The van der Waals surface area contributed by atoms with Crippen LogP contribution in [0.4, 0.5) is 0 Å². The normalized spacial score (nSPS) is 26.4. The summed E-state index contributed by atoms with van der Waals surface area (Å²) >= 11 is 0. The number of benzene rings is 2. The average molecular weight is 375 g/mol. The van der Waals surface area contributed by atoms with Gasteiger partial charge in [0.15, 0.2) is 0 Å². The Balaban J connectivity index is 1.21. The van der Waals surface area contributed by atoms with E-state index in [9.17, 15) is 9.59 Å². The van der Waals surface area contributed by atoms with Crippen LogP contribution in [-0.4, -0.2) is 29.3 Å². The number of rotatable bonds is 3. The number of carbonyl (C=O) groups excluding carboxylic acids is 2. The molecule has 2 saturated heterocycles. The van der Waals surface area contributed by atoms with Crippen LogP contribution in [0, 0.1) is 0 Å². The van der Waals surface area contributed by atoms with Crippen LogP contribution in [0.25, 0.3) is 0 Å². The van der Waals surface area contributed by atoms with Crippen LogP contribution in [-0.2, 0) is 22.7 Å². The number of carbonyl (C=O) groups is 2. The molecule has 5 heteroatoms. The highest BCUT2D eigenvalue weighted by atomic mass is 16.2. The number of nitrogens with zero attached hydrogens (tertiary/aromatic N) is 1. The number of hydrogen-bond donors (Lipinski definition) is 2. The van der Waals surface area contributed by atoms with Gasteiger partial charge in [0.05, 0.1) is 12.1 Å². The fourth-order valence-corrected chi connectivity index (χ4v) is 4.75. The Hall–Kier alpha value is -2.66. The van der Waals surface area contributed by atoms with Gasteiger partial charge in [-0.05, 0) is 41.0 Å². The third-order valence-electron chi connectivity index (χ3n) is 6.39. The molecule has 0 spiro atoms. The lowest BCUT2D eigenvalue weighted by Crippen LogP contribution is -2.40. The van der Waals surface area contributed by atoms with E-state index in [0.29, 0.717) is 12.3 Å². The van der Waals surface area contributed by atoms with E-state index in [2.05, 4.69) is 47.0 Å². The Morgan fingerprint density at radius 3 is 2.29 bits per heavy atom. The lowest BCUT2D eigenvalue weighted by Gasteiger charge is -2.20. The van der Waals surface area contributed by atoms with Crippen molar-refractivity contribution in [2.75, 3.05) is 6.54 Å². The third kappa shape index (κ3) is 3.20. The molecular formula is C23H25N3O2. The molecule has 28 heavy (non-hydrogen) atoms. The smallest absolute Gasteiger partial charge is 0.240 e. The fraction of sp³-hybridized carbons (Fsp3) is 0.391. The van der Waals surface area contributed by atoms with Crippen molar-refractivity contribution in [2.45, 2.75) is 50.4 Å². The van der Waals surface area contributed by atoms with Crippen LogP contribution in [0.1, 0.15) is 53.5 Å². The maximum absolute atomic E-state index is 13.0. The number of fused-ring (bicyclic) bond motifs is 1. The van der Waals surface area contributed by atoms with Gasteiger partial charge in [0.2, 0.25) is 11.8 Å². The summed E-state index contributed by atoms with van der Waals surface area (Å²) in [6.07, 6.45) is 2.33. The maximum Gasteiger partial charge on any atom is 0.240 e. The van der Waals surface area contributed by atoms with Crippen LogP contribution in [0.15, 0.2) is 48.5 Å². The quantitative estimate of drug-likeness (QED) is 0.867. The molecule has 0 saturated carbocycles. The lowest BCUT2D eigenvalue weighted by atomic mass is 9.93. The van der Waals surface area contributed by atoms with Gasteiger partial charge in [-0.2, -0.15) is 0 Å². The van der Waals surface area contributed by atoms with Gasteiger partial charge in [-0.15, -0.1) is 0 Å². The van der Waals surface area contributed by atoms with Crippen molar-refractivity contribution in [2.24, 2.45) is 0 Å². The number of nitrogens with one attached hydrogen (secondary N) is 2. The van der Waals surface area contributed by atoms with E-state index in [-0.39, 0.29) is 23.9 Å². The summed E-state index contributed by atoms with van der Waals surface area (Å²) in [7, 11) is 0. The molecule has 2 N–H and O–H groups in total. The zero-order chi connectivity index (χ0) is 19.1. The molecule has 2 fully saturated rings. The van der Waals surface area contributed by atoms with Crippen molar-refractivity contribution in [3.05, 3.63) is 70.8 Å². The fourth-order valence-electron chi connectivity index (χ4n) is 4.75. The molecule has 0 aliphatic carbocycles. The average Bonchev–Trinajstić information content (AvgIpc) is 3.46. The van der Waals surface area contributed by atoms with Gasteiger partial charge in [0.25, 0.3) is 0 Å². The topological polar surface area (TPSA) is 61.4 Å². The zero-order valence-electron chi connectivity index (χ0n) is 15.9. The minimum atomic E-state index is -0.104. The first kappa shape index (κ1) is 17.4. The van der Waals surface area contributed by atoms with E-state index >= 15 is 0 Å². The Morgan fingerprint density at radius 1 is 0.964 bits per heavy atom. The van der Waals surface area contributed by atoms with Crippen molar-refractivity contribution in [3.63, 3.8) is 0 Å². The van der Waals surface area contributed by atoms with Crippen LogP contribution < -0.4 is 10.6 Å². The Kier molecular flexibility index (Phi) is 4.40. The summed E-state index contributed by atoms with van der Waals surface area (Å²) in [5.74, 6) is 0.703. The summed E-state index contributed by atoms with van der Waals surface area (Å²) in [6.45, 7) is 2.27. The molecule has 0 radical (unpaired) electrons.